The van der Waals surface area contributed by atoms with Gasteiger partial charge in [0.2, 0.25) is 0 Å². The van der Waals surface area contributed by atoms with Crippen LogP contribution in [0.3, 0.4) is 0 Å². The van der Waals surface area contributed by atoms with Gasteiger partial charge in [-0.1, -0.05) is 56.9 Å². The SMILES string of the molecule is CCCc1cc(C2CCCCC2)ccc1OCCCOc1cccc(-c2cocn2)c1. The van der Waals surface area contributed by atoms with E-state index in [2.05, 4.69) is 30.1 Å². The van der Waals surface area contributed by atoms with E-state index in [9.17, 15) is 0 Å². The fourth-order valence-electron chi connectivity index (χ4n) is 4.43. The lowest BCUT2D eigenvalue weighted by Crippen LogP contribution is -2.08. The fraction of sp³-hybridized carbons (Fsp3) is 0.444. The molecule has 164 valence electrons. The second kappa shape index (κ2) is 11.0. The van der Waals surface area contributed by atoms with Gasteiger partial charge in [0.1, 0.15) is 23.5 Å². The Balaban J connectivity index is 1.28. The highest BCUT2D eigenvalue weighted by Gasteiger charge is 2.17. The van der Waals surface area contributed by atoms with E-state index in [0.29, 0.717) is 13.2 Å². The molecule has 0 bridgehead atoms. The molecule has 1 aliphatic carbocycles. The Morgan fingerprint density at radius 2 is 1.87 bits per heavy atom. The van der Waals surface area contributed by atoms with Crippen molar-refractivity contribution in [2.45, 2.75) is 64.2 Å². The van der Waals surface area contributed by atoms with Crippen molar-refractivity contribution in [3.63, 3.8) is 0 Å². The summed E-state index contributed by atoms with van der Waals surface area (Å²) in [5.41, 5.74) is 4.66. The third-order valence-corrected chi connectivity index (χ3v) is 6.06. The molecule has 4 nitrogen and oxygen atoms in total. The minimum Gasteiger partial charge on any atom is -0.493 e. The molecule has 0 saturated heterocycles. The number of hydrogen-bond donors (Lipinski definition) is 0. The molecule has 0 aliphatic heterocycles. The number of aromatic nitrogens is 1. The van der Waals surface area contributed by atoms with Crippen molar-refractivity contribution < 1.29 is 13.9 Å². The highest BCUT2D eigenvalue weighted by Crippen LogP contribution is 2.35. The van der Waals surface area contributed by atoms with Crippen LogP contribution in [-0.4, -0.2) is 18.2 Å². The van der Waals surface area contributed by atoms with Crippen LogP contribution >= 0.6 is 0 Å². The molecule has 31 heavy (non-hydrogen) atoms. The van der Waals surface area contributed by atoms with Gasteiger partial charge >= 0.3 is 0 Å². The smallest absolute Gasteiger partial charge is 0.181 e. The van der Waals surface area contributed by atoms with Gasteiger partial charge in [0, 0.05) is 12.0 Å². The van der Waals surface area contributed by atoms with Crippen LogP contribution in [0, 0.1) is 0 Å². The van der Waals surface area contributed by atoms with E-state index in [-0.39, 0.29) is 0 Å². The first-order valence-corrected chi connectivity index (χ1v) is 11.7. The van der Waals surface area contributed by atoms with Gasteiger partial charge in [0.15, 0.2) is 6.39 Å². The summed E-state index contributed by atoms with van der Waals surface area (Å²) >= 11 is 0. The Hall–Kier alpha value is -2.75. The molecule has 1 saturated carbocycles. The maximum Gasteiger partial charge on any atom is 0.181 e. The Kier molecular flexibility index (Phi) is 7.65. The van der Waals surface area contributed by atoms with Gasteiger partial charge in [0.05, 0.1) is 13.2 Å². The summed E-state index contributed by atoms with van der Waals surface area (Å²) in [6, 6.07) is 14.8. The molecule has 1 aliphatic rings. The number of ether oxygens (including phenoxy) is 2. The lowest BCUT2D eigenvalue weighted by Gasteiger charge is -2.23. The molecule has 1 aromatic heterocycles. The van der Waals surface area contributed by atoms with Crippen LogP contribution in [0.5, 0.6) is 11.5 Å². The zero-order valence-electron chi connectivity index (χ0n) is 18.5. The normalized spacial score (nSPS) is 14.5. The van der Waals surface area contributed by atoms with Crippen molar-refractivity contribution in [3.05, 3.63) is 66.2 Å². The molecule has 4 rings (SSSR count). The number of hydrogen-bond acceptors (Lipinski definition) is 4. The second-order valence-electron chi connectivity index (χ2n) is 8.40. The van der Waals surface area contributed by atoms with E-state index in [1.54, 1.807) is 6.26 Å². The predicted octanol–water partition coefficient (Wildman–Crippen LogP) is 7.19. The van der Waals surface area contributed by atoms with Gasteiger partial charge in [0.25, 0.3) is 0 Å². The standard InChI is InChI=1S/C27H33NO3/c1-2-8-24-17-22(21-9-4-3-5-10-21)13-14-27(24)31-16-7-15-30-25-12-6-11-23(18-25)26-19-29-20-28-26/h6,11-14,17-21H,2-5,7-10,15-16H2,1H3. The van der Waals surface area contributed by atoms with Gasteiger partial charge in [-0.2, -0.15) is 0 Å². The van der Waals surface area contributed by atoms with E-state index in [1.807, 2.05) is 24.3 Å². The van der Waals surface area contributed by atoms with Gasteiger partial charge < -0.3 is 13.9 Å². The maximum absolute atomic E-state index is 6.15. The summed E-state index contributed by atoms with van der Waals surface area (Å²) in [6.07, 6.45) is 12.9. The second-order valence-corrected chi connectivity index (χ2v) is 8.40. The molecule has 0 spiro atoms. The zero-order chi connectivity index (χ0) is 21.3. The van der Waals surface area contributed by atoms with Crippen LogP contribution in [0.25, 0.3) is 11.3 Å². The molecule has 1 fully saturated rings. The highest BCUT2D eigenvalue weighted by atomic mass is 16.5. The average molecular weight is 420 g/mol. The maximum atomic E-state index is 6.15. The number of benzene rings is 2. The molecule has 0 radical (unpaired) electrons. The minimum atomic E-state index is 0.617. The summed E-state index contributed by atoms with van der Waals surface area (Å²) in [6.45, 7) is 3.51. The molecule has 3 aromatic rings. The van der Waals surface area contributed by atoms with Crippen molar-refractivity contribution >= 4 is 0 Å². The van der Waals surface area contributed by atoms with Crippen LogP contribution < -0.4 is 9.47 Å². The van der Waals surface area contributed by atoms with Crippen LogP contribution in [0.15, 0.2) is 59.5 Å². The Morgan fingerprint density at radius 3 is 2.68 bits per heavy atom. The summed E-state index contributed by atoms with van der Waals surface area (Å²) < 4.78 is 17.1. The van der Waals surface area contributed by atoms with Gasteiger partial charge in [-0.05, 0) is 54.5 Å². The number of oxazole rings is 1. The van der Waals surface area contributed by atoms with Crippen LogP contribution in [-0.2, 0) is 6.42 Å². The first-order valence-electron chi connectivity index (χ1n) is 11.7. The van der Waals surface area contributed by atoms with E-state index in [4.69, 9.17) is 13.9 Å². The summed E-state index contributed by atoms with van der Waals surface area (Å²) in [7, 11) is 0. The van der Waals surface area contributed by atoms with Gasteiger partial charge in [-0.15, -0.1) is 0 Å². The first kappa shape index (κ1) is 21.5. The van der Waals surface area contributed by atoms with Crippen molar-refractivity contribution in [1.82, 2.24) is 4.98 Å². The topological polar surface area (TPSA) is 44.5 Å². The molecule has 4 heteroatoms. The number of rotatable bonds is 10. The van der Waals surface area contributed by atoms with Crippen molar-refractivity contribution in [1.29, 1.82) is 0 Å². The molecule has 1 heterocycles. The number of nitrogens with zero attached hydrogens (tertiary/aromatic N) is 1. The number of aryl methyl sites for hydroxylation is 1. The third-order valence-electron chi connectivity index (χ3n) is 6.06. The van der Waals surface area contributed by atoms with E-state index in [0.717, 1.165) is 47.9 Å². The van der Waals surface area contributed by atoms with Crippen LogP contribution in [0.4, 0.5) is 0 Å². The summed E-state index contributed by atoms with van der Waals surface area (Å²) in [5.74, 6) is 2.61. The molecular formula is C27H33NO3. The average Bonchev–Trinajstić information content (AvgIpc) is 3.36. The molecule has 0 N–H and O–H groups in total. The molecule has 0 amide bonds. The van der Waals surface area contributed by atoms with Gasteiger partial charge in [-0.25, -0.2) is 4.98 Å². The van der Waals surface area contributed by atoms with Crippen molar-refractivity contribution in [2.75, 3.05) is 13.2 Å². The lowest BCUT2D eigenvalue weighted by molar-refractivity contribution is 0.246. The Labute approximate surface area is 185 Å². The molecular weight excluding hydrogens is 386 g/mol. The first-order chi connectivity index (χ1) is 15.3. The largest absolute Gasteiger partial charge is 0.493 e. The minimum absolute atomic E-state index is 0.617. The quantitative estimate of drug-likeness (QED) is 0.326. The molecule has 2 aromatic carbocycles. The monoisotopic (exact) mass is 419 g/mol. The molecule has 0 atom stereocenters. The highest BCUT2D eigenvalue weighted by molar-refractivity contribution is 5.59. The van der Waals surface area contributed by atoms with Crippen LogP contribution in [0.1, 0.15) is 68.9 Å². The summed E-state index contributed by atoms with van der Waals surface area (Å²) in [5, 5.41) is 0. The van der Waals surface area contributed by atoms with Crippen LogP contribution in [0.2, 0.25) is 0 Å². The fourth-order valence-corrected chi connectivity index (χ4v) is 4.43. The van der Waals surface area contributed by atoms with Crippen molar-refractivity contribution in [2.24, 2.45) is 0 Å². The van der Waals surface area contributed by atoms with E-state index in [1.165, 1.54) is 49.6 Å². The van der Waals surface area contributed by atoms with E-state index < -0.39 is 0 Å². The summed E-state index contributed by atoms with van der Waals surface area (Å²) in [4.78, 5) is 4.19. The lowest BCUT2D eigenvalue weighted by atomic mass is 9.83. The van der Waals surface area contributed by atoms with Gasteiger partial charge in [-0.3, -0.25) is 0 Å². The zero-order valence-corrected chi connectivity index (χ0v) is 18.5. The third kappa shape index (κ3) is 5.90. The molecule has 0 unspecified atom stereocenters. The van der Waals surface area contributed by atoms with E-state index >= 15 is 0 Å². The van der Waals surface area contributed by atoms with Crippen molar-refractivity contribution in [3.8, 4) is 22.8 Å². The predicted molar refractivity (Wildman–Crippen MR) is 124 cm³/mol. The Bertz CT molecular complexity index is 929. The Morgan fingerprint density at radius 1 is 1.00 bits per heavy atom.